The van der Waals surface area contributed by atoms with Crippen molar-refractivity contribution < 1.29 is 27.0 Å². The number of alkyl halides is 4. The van der Waals surface area contributed by atoms with Crippen molar-refractivity contribution in [2.75, 3.05) is 0 Å². The Morgan fingerprint density at radius 2 is 0.816 bits per heavy atom. The van der Waals surface area contributed by atoms with Gasteiger partial charge in [0.1, 0.15) is 11.5 Å². The van der Waals surface area contributed by atoms with E-state index < -0.39 is 23.3 Å². The molecule has 0 unspecified atom stereocenters. The van der Waals surface area contributed by atoms with Gasteiger partial charge in [-0.2, -0.15) is 17.6 Å². The monoisotopic (exact) mass is 530 g/mol. The van der Waals surface area contributed by atoms with Crippen LogP contribution in [0.25, 0.3) is 0 Å². The van der Waals surface area contributed by atoms with Crippen LogP contribution in [0.3, 0.4) is 0 Å². The second kappa shape index (κ2) is 14.2. The van der Waals surface area contributed by atoms with Crippen LogP contribution in [-0.4, -0.2) is 0 Å². The van der Waals surface area contributed by atoms with Crippen LogP contribution in [0.1, 0.15) is 87.5 Å². The number of halogens is 4. The zero-order chi connectivity index (χ0) is 27.4. The van der Waals surface area contributed by atoms with E-state index in [1.165, 1.54) is 37.1 Å². The van der Waals surface area contributed by atoms with Crippen LogP contribution in [0, 0.1) is 0 Å². The molecule has 38 heavy (non-hydrogen) atoms. The van der Waals surface area contributed by atoms with Gasteiger partial charge in [0.15, 0.2) is 0 Å². The van der Waals surface area contributed by atoms with Gasteiger partial charge in [-0.15, -0.1) is 0 Å². The molecule has 2 nitrogen and oxygen atoms in total. The van der Waals surface area contributed by atoms with Crippen molar-refractivity contribution in [1.82, 2.24) is 0 Å². The average molecular weight is 531 g/mol. The van der Waals surface area contributed by atoms with Gasteiger partial charge in [-0.1, -0.05) is 76.6 Å². The Balaban J connectivity index is 1.57. The van der Waals surface area contributed by atoms with Crippen molar-refractivity contribution in [1.29, 1.82) is 0 Å². The van der Waals surface area contributed by atoms with Crippen molar-refractivity contribution >= 4 is 0 Å². The highest BCUT2D eigenvalue weighted by molar-refractivity contribution is 5.32. The Labute approximate surface area is 224 Å². The SMILES string of the molecule is CCCCCCc1ccc(OC(F)(F)c2ccc(C(F)(F)Oc3ccc(CCCCCC)cc3)cc2)cc1. The summed E-state index contributed by atoms with van der Waals surface area (Å²) in [7, 11) is 0. The van der Waals surface area contributed by atoms with Crippen LogP contribution < -0.4 is 9.47 Å². The van der Waals surface area contributed by atoms with Gasteiger partial charge in [0.05, 0.1) is 11.1 Å². The molecule has 0 fully saturated rings. The third kappa shape index (κ3) is 9.07. The van der Waals surface area contributed by atoms with Gasteiger partial charge < -0.3 is 9.47 Å². The normalized spacial score (nSPS) is 11.9. The van der Waals surface area contributed by atoms with E-state index in [9.17, 15) is 17.6 Å². The zero-order valence-corrected chi connectivity index (χ0v) is 22.3. The van der Waals surface area contributed by atoms with Gasteiger partial charge in [0.25, 0.3) is 0 Å². The molecule has 0 N–H and O–H groups in total. The number of rotatable bonds is 16. The fraction of sp³-hybridized carbons (Fsp3) is 0.438. The number of hydrogen-bond donors (Lipinski definition) is 0. The molecule has 3 aromatic carbocycles. The first kappa shape index (κ1) is 29.5. The first-order valence-electron chi connectivity index (χ1n) is 13.7. The van der Waals surface area contributed by atoms with Gasteiger partial charge in [-0.05, 0) is 85.3 Å². The van der Waals surface area contributed by atoms with Crippen molar-refractivity contribution in [3.8, 4) is 11.5 Å². The number of hydrogen-bond acceptors (Lipinski definition) is 2. The predicted octanol–water partition coefficient (Wildman–Crippen LogP) is 10.2. The van der Waals surface area contributed by atoms with Crippen LogP contribution in [0.4, 0.5) is 17.6 Å². The number of unbranched alkanes of at least 4 members (excludes halogenated alkanes) is 6. The Morgan fingerprint density at radius 1 is 0.474 bits per heavy atom. The number of aryl methyl sites for hydroxylation is 2. The molecular formula is C32H38F4O2. The third-order valence-electron chi connectivity index (χ3n) is 6.53. The van der Waals surface area contributed by atoms with E-state index in [0.717, 1.165) is 86.8 Å². The van der Waals surface area contributed by atoms with Gasteiger partial charge in [-0.25, -0.2) is 0 Å². The smallest absolute Gasteiger partial charge is 0.426 e. The summed E-state index contributed by atoms with van der Waals surface area (Å²) in [6.07, 6.45) is 3.46. The summed E-state index contributed by atoms with van der Waals surface area (Å²) in [6.45, 7) is 4.29. The first-order valence-corrected chi connectivity index (χ1v) is 13.7. The molecule has 0 aromatic heterocycles. The molecule has 206 valence electrons. The molecule has 0 aliphatic carbocycles. The Hall–Kier alpha value is -3.02. The van der Waals surface area contributed by atoms with E-state index in [4.69, 9.17) is 9.47 Å². The molecule has 0 heterocycles. The summed E-state index contributed by atoms with van der Waals surface area (Å²) in [5.74, 6) is 0.0257. The largest absolute Gasteiger partial charge is 0.429 e. The van der Waals surface area contributed by atoms with E-state index in [0.29, 0.717) is 0 Å². The lowest BCUT2D eigenvalue weighted by molar-refractivity contribution is -0.188. The molecule has 6 heteroatoms. The third-order valence-corrected chi connectivity index (χ3v) is 6.53. The summed E-state index contributed by atoms with van der Waals surface area (Å²) < 4.78 is 68.7. The van der Waals surface area contributed by atoms with E-state index >= 15 is 0 Å². The van der Waals surface area contributed by atoms with Crippen LogP contribution in [0.15, 0.2) is 72.8 Å². The van der Waals surface area contributed by atoms with Crippen LogP contribution in [0.5, 0.6) is 11.5 Å². The molecule has 0 aliphatic rings. The molecule has 0 amide bonds. The van der Waals surface area contributed by atoms with Crippen molar-refractivity contribution in [3.05, 3.63) is 95.1 Å². The summed E-state index contributed by atoms with van der Waals surface area (Å²) in [4.78, 5) is 0. The highest BCUT2D eigenvalue weighted by Gasteiger charge is 2.38. The summed E-state index contributed by atoms with van der Waals surface area (Å²) >= 11 is 0. The molecule has 0 aliphatic heterocycles. The summed E-state index contributed by atoms with van der Waals surface area (Å²) in [5.41, 5.74) is 1.08. The fourth-order valence-corrected chi connectivity index (χ4v) is 4.23. The second-order valence-corrected chi connectivity index (χ2v) is 9.72. The molecule has 0 atom stereocenters. The molecule has 0 radical (unpaired) electrons. The standard InChI is InChI=1S/C32H38F4O2/c1-3-5-7-9-11-25-13-21-29(22-14-25)37-31(33,34)27-17-19-28(20-18-27)32(35,36)38-30-23-15-26(16-24-30)12-10-8-6-4-2/h13-24H,3-12H2,1-2H3. The quantitative estimate of drug-likeness (QED) is 0.135. The van der Waals surface area contributed by atoms with Gasteiger partial charge in [-0.3, -0.25) is 0 Å². The summed E-state index contributed by atoms with van der Waals surface area (Å²) in [5, 5.41) is 0. The van der Waals surface area contributed by atoms with Crippen molar-refractivity contribution in [2.45, 2.75) is 90.3 Å². The van der Waals surface area contributed by atoms with Gasteiger partial charge in [0.2, 0.25) is 0 Å². The minimum absolute atomic E-state index is 0.0128. The molecule has 3 aromatic rings. The number of benzene rings is 3. The van der Waals surface area contributed by atoms with E-state index in [1.807, 2.05) is 0 Å². The number of ether oxygens (including phenoxy) is 2. The average Bonchev–Trinajstić information content (AvgIpc) is 2.91. The Morgan fingerprint density at radius 3 is 1.13 bits per heavy atom. The molecule has 0 saturated carbocycles. The molecule has 0 saturated heterocycles. The molecule has 0 spiro atoms. The van der Waals surface area contributed by atoms with E-state index in [1.54, 1.807) is 24.3 Å². The minimum atomic E-state index is -3.68. The van der Waals surface area contributed by atoms with Crippen LogP contribution >= 0.6 is 0 Å². The highest BCUT2D eigenvalue weighted by Crippen LogP contribution is 2.36. The maximum atomic E-state index is 14.7. The molecular weight excluding hydrogens is 492 g/mol. The van der Waals surface area contributed by atoms with Crippen LogP contribution in [-0.2, 0) is 25.1 Å². The lowest BCUT2D eigenvalue weighted by Gasteiger charge is -2.21. The minimum Gasteiger partial charge on any atom is -0.429 e. The fourth-order valence-electron chi connectivity index (χ4n) is 4.23. The van der Waals surface area contributed by atoms with Crippen molar-refractivity contribution in [2.24, 2.45) is 0 Å². The molecule has 0 bridgehead atoms. The Kier molecular flexibility index (Phi) is 11.1. The first-order chi connectivity index (χ1) is 18.2. The zero-order valence-electron chi connectivity index (χ0n) is 22.3. The van der Waals surface area contributed by atoms with Crippen LogP contribution in [0.2, 0.25) is 0 Å². The highest BCUT2D eigenvalue weighted by atomic mass is 19.3. The van der Waals surface area contributed by atoms with Crippen molar-refractivity contribution in [3.63, 3.8) is 0 Å². The lowest BCUT2D eigenvalue weighted by Crippen LogP contribution is -2.24. The van der Waals surface area contributed by atoms with Gasteiger partial charge in [0, 0.05) is 0 Å². The summed E-state index contributed by atoms with van der Waals surface area (Å²) in [6, 6.07) is 16.9. The second-order valence-electron chi connectivity index (χ2n) is 9.72. The maximum absolute atomic E-state index is 14.7. The predicted molar refractivity (Wildman–Crippen MR) is 144 cm³/mol. The van der Waals surface area contributed by atoms with Gasteiger partial charge >= 0.3 is 12.2 Å². The van der Waals surface area contributed by atoms with E-state index in [2.05, 4.69) is 13.8 Å². The Bertz CT molecular complexity index is 989. The lowest BCUT2D eigenvalue weighted by atomic mass is 10.1. The maximum Gasteiger partial charge on any atom is 0.426 e. The van der Waals surface area contributed by atoms with E-state index in [-0.39, 0.29) is 11.5 Å². The molecule has 3 rings (SSSR count). The topological polar surface area (TPSA) is 18.5 Å².